The number of hydrogen-bond donors (Lipinski definition) is 1. The van der Waals surface area contributed by atoms with Gasteiger partial charge in [0.15, 0.2) is 0 Å². The molecule has 1 saturated heterocycles. The third-order valence-electron chi connectivity index (χ3n) is 3.76. The van der Waals surface area contributed by atoms with Gasteiger partial charge >= 0.3 is 0 Å². The standard InChI is InChI=1S/C14H18Cl2N2O/c1-8(2)9-3-4-18(7-9)14(19)10-5-11(15)13(16)12(17)6-10/h5-6,8-9H,3-4,7,17H2,1-2H3. The lowest BCUT2D eigenvalue weighted by molar-refractivity contribution is 0.0784. The lowest BCUT2D eigenvalue weighted by atomic mass is 9.95. The van der Waals surface area contributed by atoms with Crippen molar-refractivity contribution in [2.75, 3.05) is 18.8 Å². The number of benzene rings is 1. The van der Waals surface area contributed by atoms with E-state index in [0.717, 1.165) is 19.5 Å². The van der Waals surface area contributed by atoms with E-state index in [1.807, 2.05) is 4.90 Å². The third-order valence-corrected chi connectivity index (χ3v) is 4.57. The Morgan fingerprint density at radius 3 is 2.63 bits per heavy atom. The number of hydrogen-bond acceptors (Lipinski definition) is 2. The Bertz CT molecular complexity index is 479. The van der Waals surface area contributed by atoms with Crippen molar-refractivity contribution in [3.05, 3.63) is 27.7 Å². The van der Waals surface area contributed by atoms with E-state index >= 15 is 0 Å². The molecule has 19 heavy (non-hydrogen) atoms. The van der Waals surface area contributed by atoms with E-state index in [1.165, 1.54) is 0 Å². The average Bonchev–Trinajstić information content (AvgIpc) is 2.84. The molecule has 1 amide bonds. The van der Waals surface area contributed by atoms with Crippen LogP contribution in [0.25, 0.3) is 0 Å². The van der Waals surface area contributed by atoms with Crippen LogP contribution in [0.15, 0.2) is 12.1 Å². The van der Waals surface area contributed by atoms with Gasteiger partial charge in [-0.3, -0.25) is 4.79 Å². The second kappa shape index (κ2) is 5.59. The normalized spacial score (nSPS) is 19.2. The smallest absolute Gasteiger partial charge is 0.253 e. The molecule has 0 radical (unpaired) electrons. The van der Waals surface area contributed by atoms with Crippen molar-refractivity contribution in [1.29, 1.82) is 0 Å². The van der Waals surface area contributed by atoms with Gasteiger partial charge in [0, 0.05) is 18.7 Å². The van der Waals surface area contributed by atoms with Crippen molar-refractivity contribution in [2.24, 2.45) is 11.8 Å². The maximum absolute atomic E-state index is 12.4. The molecule has 0 saturated carbocycles. The van der Waals surface area contributed by atoms with E-state index in [9.17, 15) is 4.79 Å². The molecule has 0 bridgehead atoms. The minimum atomic E-state index is -0.0200. The molecule has 0 aliphatic carbocycles. The highest BCUT2D eigenvalue weighted by Crippen LogP contribution is 2.31. The minimum absolute atomic E-state index is 0.0200. The summed E-state index contributed by atoms with van der Waals surface area (Å²) in [6.45, 7) is 5.98. The van der Waals surface area contributed by atoms with E-state index in [1.54, 1.807) is 12.1 Å². The molecule has 1 aliphatic rings. The molecule has 3 nitrogen and oxygen atoms in total. The Balaban J connectivity index is 2.17. The van der Waals surface area contributed by atoms with E-state index in [4.69, 9.17) is 28.9 Å². The summed E-state index contributed by atoms with van der Waals surface area (Å²) < 4.78 is 0. The average molecular weight is 301 g/mol. The minimum Gasteiger partial charge on any atom is -0.397 e. The van der Waals surface area contributed by atoms with Gasteiger partial charge in [0.1, 0.15) is 0 Å². The van der Waals surface area contributed by atoms with Crippen molar-refractivity contribution in [3.8, 4) is 0 Å². The largest absolute Gasteiger partial charge is 0.397 e. The quantitative estimate of drug-likeness (QED) is 0.847. The molecule has 2 N–H and O–H groups in total. The van der Waals surface area contributed by atoms with Crippen molar-refractivity contribution in [3.63, 3.8) is 0 Å². The van der Waals surface area contributed by atoms with Crippen molar-refractivity contribution in [1.82, 2.24) is 4.90 Å². The van der Waals surface area contributed by atoms with E-state index in [0.29, 0.717) is 33.1 Å². The molecule has 0 spiro atoms. The molecule has 2 rings (SSSR count). The first kappa shape index (κ1) is 14.5. The van der Waals surface area contributed by atoms with Crippen molar-refractivity contribution >= 4 is 34.8 Å². The number of nitrogen functional groups attached to an aromatic ring is 1. The van der Waals surface area contributed by atoms with Gasteiger partial charge in [0.2, 0.25) is 0 Å². The molecule has 1 atom stereocenters. The highest BCUT2D eigenvalue weighted by atomic mass is 35.5. The Kier molecular flexibility index (Phi) is 4.26. The lowest BCUT2D eigenvalue weighted by Crippen LogP contribution is -2.29. The zero-order valence-electron chi connectivity index (χ0n) is 11.1. The summed E-state index contributed by atoms with van der Waals surface area (Å²) in [5, 5.41) is 0.629. The zero-order chi connectivity index (χ0) is 14.2. The van der Waals surface area contributed by atoms with Crippen LogP contribution in [0, 0.1) is 11.8 Å². The summed E-state index contributed by atoms with van der Waals surface area (Å²) in [7, 11) is 0. The number of carbonyl (C=O) groups excluding carboxylic acids is 1. The van der Waals surface area contributed by atoms with Crippen LogP contribution in [0.5, 0.6) is 0 Å². The first-order chi connectivity index (χ1) is 8.90. The summed E-state index contributed by atoms with van der Waals surface area (Å²) >= 11 is 11.9. The van der Waals surface area contributed by atoms with Gasteiger partial charge < -0.3 is 10.6 Å². The van der Waals surface area contributed by atoms with Gasteiger partial charge in [-0.25, -0.2) is 0 Å². The Morgan fingerprint density at radius 1 is 1.42 bits per heavy atom. The van der Waals surface area contributed by atoms with Crippen LogP contribution >= 0.6 is 23.2 Å². The molecule has 1 aromatic carbocycles. The van der Waals surface area contributed by atoms with Crippen molar-refractivity contribution < 1.29 is 4.79 Å². The van der Waals surface area contributed by atoms with Crippen LogP contribution in [-0.2, 0) is 0 Å². The number of nitrogens with zero attached hydrogens (tertiary/aromatic N) is 1. The predicted octanol–water partition coefficient (Wildman–Crippen LogP) is 3.69. The van der Waals surface area contributed by atoms with Crippen LogP contribution < -0.4 is 5.73 Å². The molecule has 1 unspecified atom stereocenters. The Labute approximate surface area is 123 Å². The fourth-order valence-corrected chi connectivity index (χ4v) is 2.77. The molecule has 1 aromatic rings. The first-order valence-corrected chi connectivity index (χ1v) is 7.19. The molecule has 0 aromatic heterocycles. The second-order valence-electron chi connectivity index (χ2n) is 5.41. The fraction of sp³-hybridized carbons (Fsp3) is 0.500. The number of halogens is 2. The van der Waals surface area contributed by atoms with Crippen molar-refractivity contribution in [2.45, 2.75) is 20.3 Å². The summed E-state index contributed by atoms with van der Waals surface area (Å²) in [5.74, 6) is 1.15. The monoisotopic (exact) mass is 300 g/mol. The van der Waals surface area contributed by atoms with Gasteiger partial charge in [-0.15, -0.1) is 0 Å². The van der Waals surface area contributed by atoms with Crippen LogP contribution in [0.2, 0.25) is 10.0 Å². The summed E-state index contributed by atoms with van der Waals surface area (Å²) in [6, 6.07) is 3.19. The van der Waals surface area contributed by atoms with Crippen LogP contribution in [-0.4, -0.2) is 23.9 Å². The maximum Gasteiger partial charge on any atom is 0.253 e. The van der Waals surface area contributed by atoms with Gasteiger partial charge in [0.05, 0.1) is 15.7 Å². The second-order valence-corrected chi connectivity index (χ2v) is 6.19. The number of anilines is 1. The number of nitrogens with two attached hydrogens (primary N) is 1. The van der Waals surface area contributed by atoms with E-state index < -0.39 is 0 Å². The molecule has 1 fully saturated rings. The first-order valence-electron chi connectivity index (χ1n) is 6.44. The van der Waals surface area contributed by atoms with Gasteiger partial charge in [-0.05, 0) is 30.4 Å². The predicted molar refractivity (Wildman–Crippen MR) is 79.7 cm³/mol. The molecular weight excluding hydrogens is 283 g/mol. The molecule has 104 valence electrons. The summed E-state index contributed by atoms with van der Waals surface area (Å²) in [4.78, 5) is 14.3. The third kappa shape index (κ3) is 2.98. The number of carbonyl (C=O) groups is 1. The SMILES string of the molecule is CC(C)C1CCN(C(=O)c2cc(N)c(Cl)c(Cl)c2)C1. The Morgan fingerprint density at radius 2 is 2.11 bits per heavy atom. The highest BCUT2D eigenvalue weighted by Gasteiger charge is 2.29. The zero-order valence-corrected chi connectivity index (χ0v) is 12.6. The fourth-order valence-electron chi connectivity index (χ4n) is 2.43. The number of likely N-dealkylation sites (tertiary alicyclic amines) is 1. The molecular formula is C14H18Cl2N2O. The van der Waals surface area contributed by atoms with E-state index in [2.05, 4.69) is 13.8 Å². The number of amides is 1. The Hall–Kier alpha value is -0.930. The lowest BCUT2D eigenvalue weighted by Gasteiger charge is -2.18. The number of rotatable bonds is 2. The maximum atomic E-state index is 12.4. The van der Waals surface area contributed by atoms with Gasteiger partial charge in [-0.1, -0.05) is 37.0 Å². The summed E-state index contributed by atoms with van der Waals surface area (Å²) in [5.41, 5.74) is 6.60. The van der Waals surface area contributed by atoms with Gasteiger partial charge in [0.25, 0.3) is 5.91 Å². The highest BCUT2D eigenvalue weighted by molar-refractivity contribution is 6.43. The van der Waals surface area contributed by atoms with Crippen LogP contribution in [0.4, 0.5) is 5.69 Å². The topological polar surface area (TPSA) is 46.3 Å². The van der Waals surface area contributed by atoms with E-state index in [-0.39, 0.29) is 5.91 Å². The summed E-state index contributed by atoms with van der Waals surface area (Å²) in [6.07, 6.45) is 1.06. The molecule has 5 heteroatoms. The molecule has 1 heterocycles. The molecule has 1 aliphatic heterocycles. The van der Waals surface area contributed by atoms with Gasteiger partial charge in [-0.2, -0.15) is 0 Å². The van der Waals surface area contributed by atoms with Crippen LogP contribution in [0.3, 0.4) is 0 Å². The van der Waals surface area contributed by atoms with Crippen LogP contribution in [0.1, 0.15) is 30.6 Å².